The summed E-state index contributed by atoms with van der Waals surface area (Å²) in [4.78, 5) is 0. The number of methoxy groups -OCH3 is 1. The van der Waals surface area contributed by atoms with E-state index in [0.29, 0.717) is 12.1 Å². The van der Waals surface area contributed by atoms with E-state index in [1.54, 1.807) is 7.11 Å². The van der Waals surface area contributed by atoms with E-state index in [2.05, 4.69) is 46.3 Å². The van der Waals surface area contributed by atoms with Crippen molar-refractivity contribution in [2.75, 3.05) is 7.11 Å². The summed E-state index contributed by atoms with van der Waals surface area (Å²) in [6, 6.07) is 7.33. The Labute approximate surface area is 124 Å². The molecular weight excluding hydrogens is 304 g/mol. The monoisotopic (exact) mass is 326 g/mol. The van der Waals surface area contributed by atoms with Crippen LogP contribution in [0.4, 0.5) is 0 Å². The van der Waals surface area contributed by atoms with Crippen molar-refractivity contribution in [1.29, 1.82) is 0 Å². The maximum absolute atomic E-state index is 5.41. The molecule has 0 aliphatic carbocycles. The maximum atomic E-state index is 5.41. The lowest BCUT2D eigenvalue weighted by Crippen LogP contribution is -2.51. The Morgan fingerprint density at radius 2 is 2.00 bits per heavy atom. The lowest BCUT2D eigenvalue weighted by molar-refractivity contribution is 0.0433. The molecule has 2 unspecified atom stereocenters. The molecular formula is C15H23BrN2O. The van der Waals surface area contributed by atoms with E-state index in [1.165, 1.54) is 24.8 Å². The number of ether oxygens (including phenoxy) is 1. The predicted octanol–water partition coefficient (Wildman–Crippen LogP) is 3.73. The molecule has 0 spiro atoms. The predicted molar refractivity (Wildman–Crippen MR) is 82.1 cm³/mol. The molecule has 1 saturated heterocycles. The Morgan fingerprint density at radius 1 is 1.32 bits per heavy atom. The van der Waals surface area contributed by atoms with Crippen molar-refractivity contribution in [3.05, 3.63) is 28.2 Å². The Bertz CT molecular complexity index is 415. The van der Waals surface area contributed by atoms with Crippen LogP contribution in [0, 0.1) is 0 Å². The summed E-state index contributed by atoms with van der Waals surface area (Å²) in [5.41, 5.74) is 4.75. The van der Waals surface area contributed by atoms with E-state index in [9.17, 15) is 0 Å². The number of hydrazine groups is 1. The molecule has 106 valence electrons. The second kappa shape index (κ2) is 6.73. The Balaban J connectivity index is 2.03. The lowest BCUT2D eigenvalue weighted by atomic mass is 10.00. The third-order valence-electron chi connectivity index (χ3n) is 3.89. The Morgan fingerprint density at radius 3 is 2.63 bits per heavy atom. The number of piperidine rings is 1. The van der Waals surface area contributed by atoms with Gasteiger partial charge in [-0.1, -0.05) is 22.4 Å². The van der Waals surface area contributed by atoms with Crippen LogP contribution in [0.15, 0.2) is 22.7 Å². The molecule has 4 heteroatoms. The smallest absolute Gasteiger partial charge is 0.123 e. The minimum Gasteiger partial charge on any atom is -0.496 e. The van der Waals surface area contributed by atoms with Crippen molar-refractivity contribution in [3.63, 3.8) is 0 Å². The van der Waals surface area contributed by atoms with Gasteiger partial charge in [0.15, 0.2) is 0 Å². The fourth-order valence-corrected chi connectivity index (χ4v) is 3.20. The molecule has 1 N–H and O–H groups in total. The molecule has 0 bridgehead atoms. The van der Waals surface area contributed by atoms with Gasteiger partial charge in [0.1, 0.15) is 5.75 Å². The van der Waals surface area contributed by atoms with Crippen LogP contribution in [0.2, 0.25) is 0 Å². The summed E-state index contributed by atoms with van der Waals surface area (Å²) in [6.45, 7) is 5.39. The summed E-state index contributed by atoms with van der Waals surface area (Å²) >= 11 is 3.52. The van der Waals surface area contributed by atoms with Crippen LogP contribution >= 0.6 is 15.9 Å². The van der Waals surface area contributed by atoms with Gasteiger partial charge in [0.05, 0.1) is 7.11 Å². The molecule has 0 amide bonds. The first-order chi connectivity index (χ1) is 9.11. The zero-order valence-electron chi connectivity index (χ0n) is 11.9. The molecule has 1 fully saturated rings. The summed E-state index contributed by atoms with van der Waals surface area (Å²) in [7, 11) is 1.72. The third-order valence-corrected chi connectivity index (χ3v) is 4.38. The van der Waals surface area contributed by atoms with E-state index >= 15 is 0 Å². The van der Waals surface area contributed by atoms with Gasteiger partial charge >= 0.3 is 0 Å². The fourth-order valence-electron chi connectivity index (χ4n) is 2.79. The second-order valence-electron chi connectivity index (χ2n) is 5.33. The summed E-state index contributed by atoms with van der Waals surface area (Å²) < 4.78 is 6.50. The average Bonchev–Trinajstić information content (AvgIpc) is 2.38. The van der Waals surface area contributed by atoms with Crippen LogP contribution in [-0.2, 0) is 6.54 Å². The first-order valence-corrected chi connectivity index (χ1v) is 7.75. The van der Waals surface area contributed by atoms with Gasteiger partial charge in [-0.15, -0.1) is 0 Å². The minimum absolute atomic E-state index is 0.599. The van der Waals surface area contributed by atoms with E-state index in [-0.39, 0.29) is 0 Å². The zero-order valence-corrected chi connectivity index (χ0v) is 13.5. The summed E-state index contributed by atoms with van der Waals surface area (Å²) in [5, 5.41) is 2.39. The average molecular weight is 327 g/mol. The van der Waals surface area contributed by atoms with Gasteiger partial charge in [0.25, 0.3) is 0 Å². The number of nitrogens with zero attached hydrogens (tertiary/aromatic N) is 1. The minimum atomic E-state index is 0.599. The highest BCUT2D eigenvalue weighted by molar-refractivity contribution is 9.10. The standard InChI is InChI=1S/C15H23BrN2O/c1-11-5-4-6-12(2)18(11)17-10-13-9-14(16)7-8-15(13)19-3/h7-9,11-12,17H,4-6,10H2,1-3H3. The Kier molecular flexibility index (Phi) is 5.25. The highest BCUT2D eigenvalue weighted by atomic mass is 79.9. The van der Waals surface area contributed by atoms with Crippen LogP contribution in [-0.4, -0.2) is 24.2 Å². The fraction of sp³-hybridized carbons (Fsp3) is 0.600. The van der Waals surface area contributed by atoms with Crippen LogP contribution < -0.4 is 10.2 Å². The topological polar surface area (TPSA) is 24.5 Å². The van der Waals surface area contributed by atoms with Gasteiger partial charge in [0, 0.05) is 28.7 Å². The van der Waals surface area contributed by atoms with E-state index in [0.717, 1.165) is 16.8 Å². The third kappa shape index (κ3) is 3.71. The molecule has 1 aromatic rings. The highest BCUT2D eigenvalue weighted by Crippen LogP contribution is 2.24. The van der Waals surface area contributed by atoms with Crippen LogP contribution in [0.3, 0.4) is 0 Å². The summed E-state index contributed by atoms with van der Waals surface area (Å²) in [6.07, 6.45) is 3.88. The van der Waals surface area contributed by atoms with Crippen molar-refractivity contribution in [1.82, 2.24) is 10.4 Å². The molecule has 1 aliphatic rings. The molecule has 0 saturated carbocycles. The van der Waals surface area contributed by atoms with Crippen LogP contribution in [0.25, 0.3) is 0 Å². The van der Waals surface area contributed by atoms with Gasteiger partial charge in [-0.3, -0.25) is 5.43 Å². The van der Waals surface area contributed by atoms with Gasteiger partial charge in [0.2, 0.25) is 0 Å². The molecule has 19 heavy (non-hydrogen) atoms. The number of hydrogen-bond acceptors (Lipinski definition) is 3. The van der Waals surface area contributed by atoms with Crippen molar-refractivity contribution in [3.8, 4) is 5.75 Å². The number of nitrogens with one attached hydrogen (secondary N) is 1. The van der Waals surface area contributed by atoms with Gasteiger partial charge in [-0.25, -0.2) is 5.01 Å². The van der Waals surface area contributed by atoms with Crippen molar-refractivity contribution < 1.29 is 4.74 Å². The van der Waals surface area contributed by atoms with Gasteiger partial charge in [-0.05, 0) is 44.9 Å². The SMILES string of the molecule is COc1ccc(Br)cc1CNN1C(C)CCCC1C. The van der Waals surface area contributed by atoms with Crippen molar-refractivity contribution in [2.45, 2.75) is 51.7 Å². The number of rotatable bonds is 4. The zero-order chi connectivity index (χ0) is 13.8. The number of halogens is 1. The summed E-state index contributed by atoms with van der Waals surface area (Å²) in [5.74, 6) is 0.938. The largest absolute Gasteiger partial charge is 0.496 e. The van der Waals surface area contributed by atoms with Crippen molar-refractivity contribution >= 4 is 15.9 Å². The molecule has 2 rings (SSSR count). The van der Waals surface area contributed by atoms with E-state index in [4.69, 9.17) is 4.74 Å². The Hall–Kier alpha value is -0.580. The lowest BCUT2D eigenvalue weighted by Gasteiger charge is -2.39. The normalized spacial score (nSPS) is 24.4. The van der Waals surface area contributed by atoms with Gasteiger partial charge < -0.3 is 4.74 Å². The molecule has 0 radical (unpaired) electrons. The van der Waals surface area contributed by atoms with Gasteiger partial charge in [-0.2, -0.15) is 0 Å². The first kappa shape index (κ1) is 14.8. The molecule has 3 nitrogen and oxygen atoms in total. The van der Waals surface area contributed by atoms with E-state index < -0.39 is 0 Å². The first-order valence-electron chi connectivity index (χ1n) is 6.96. The number of benzene rings is 1. The quantitative estimate of drug-likeness (QED) is 0.912. The number of hydrogen-bond donors (Lipinski definition) is 1. The van der Waals surface area contributed by atoms with Crippen molar-refractivity contribution in [2.24, 2.45) is 0 Å². The maximum Gasteiger partial charge on any atom is 0.123 e. The molecule has 1 aliphatic heterocycles. The highest BCUT2D eigenvalue weighted by Gasteiger charge is 2.24. The van der Waals surface area contributed by atoms with Crippen LogP contribution in [0.5, 0.6) is 5.75 Å². The molecule has 2 atom stereocenters. The molecule has 0 aromatic heterocycles. The second-order valence-corrected chi connectivity index (χ2v) is 6.24. The molecule has 1 heterocycles. The van der Waals surface area contributed by atoms with E-state index in [1.807, 2.05) is 12.1 Å². The molecule has 1 aromatic carbocycles. The van der Waals surface area contributed by atoms with Crippen LogP contribution in [0.1, 0.15) is 38.7 Å².